The first kappa shape index (κ1) is 8.05. The SMILES string of the molecule is CC(C)C1NCN(C2CC2)C1=O. The van der Waals surface area contributed by atoms with Crippen LogP contribution in [0.1, 0.15) is 26.7 Å². The van der Waals surface area contributed by atoms with Crippen LogP contribution in [0.25, 0.3) is 0 Å². The zero-order chi connectivity index (χ0) is 8.72. The number of hydrogen-bond donors (Lipinski definition) is 1. The lowest BCUT2D eigenvalue weighted by Gasteiger charge is -2.15. The minimum Gasteiger partial charge on any atom is -0.326 e. The van der Waals surface area contributed by atoms with Gasteiger partial charge < -0.3 is 4.90 Å². The third kappa shape index (κ3) is 1.22. The third-order valence-electron chi connectivity index (χ3n) is 2.68. The molecule has 1 saturated carbocycles. The molecule has 2 fully saturated rings. The molecule has 1 atom stereocenters. The maximum absolute atomic E-state index is 11.7. The molecule has 1 unspecified atom stereocenters. The van der Waals surface area contributed by atoms with Crippen molar-refractivity contribution in [1.29, 1.82) is 0 Å². The van der Waals surface area contributed by atoms with Crippen LogP contribution in [0.3, 0.4) is 0 Å². The van der Waals surface area contributed by atoms with Gasteiger partial charge in [-0.15, -0.1) is 0 Å². The van der Waals surface area contributed by atoms with Gasteiger partial charge in [0.2, 0.25) is 5.91 Å². The highest BCUT2D eigenvalue weighted by Crippen LogP contribution is 2.29. The van der Waals surface area contributed by atoms with Crippen molar-refractivity contribution in [2.24, 2.45) is 5.92 Å². The van der Waals surface area contributed by atoms with Gasteiger partial charge >= 0.3 is 0 Å². The second kappa shape index (κ2) is 2.73. The normalized spacial score (nSPS) is 30.4. The molecule has 0 bridgehead atoms. The van der Waals surface area contributed by atoms with Crippen molar-refractivity contribution in [3.05, 3.63) is 0 Å². The Balaban J connectivity index is 2.00. The molecule has 1 heterocycles. The van der Waals surface area contributed by atoms with Gasteiger partial charge in [0.1, 0.15) is 0 Å². The van der Waals surface area contributed by atoms with Gasteiger partial charge in [-0.3, -0.25) is 10.1 Å². The van der Waals surface area contributed by atoms with Gasteiger partial charge in [-0.25, -0.2) is 0 Å². The first-order chi connectivity index (χ1) is 5.70. The van der Waals surface area contributed by atoms with Crippen molar-refractivity contribution in [3.63, 3.8) is 0 Å². The lowest BCUT2D eigenvalue weighted by Crippen LogP contribution is -2.35. The van der Waals surface area contributed by atoms with Crippen molar-refractivity contribution in [2.75, 3.05) is 6.67 Å². The van der Waals surface area contributed by atoms with Gasteiger partial charge in [0, 0.05) is 6.04 Å². The van der Waals surface area contributed by atoms with E-state index in [1.54, 1.807) is 0 Å². The Labute approximate surface area is 73.1 Å². The summed E-state index contributed by atoms with van der Waals surface area (Å²) in [7, 11) is 0. The lowest BCUT2D eigenvalue weighted by molar-refractivity contribution is -0.130. The molecule has 0 spiro atoms. The molecule has 0 aromatic carbocycles. The highest BCUT2D eigenvalue weighted by atomic mass is 16.2. The van der Waals surface area contributed by atoms with E-state index in [1.807, 2.05) is 4.90 Å². The predicted octanol–water partition coefficient (Wildman–Crippen LogP) is 0.563. The number of carbonyl (C=O) groups is 1. The molecule has 0 radical (unpaired) electrons. The molecule has 1 saturated heterocycles. The van der Waals surface area contributed by atoms with E-state index in [0.29, 0.717) is 17.9 Å². The zero-order valence-corrected chi connectivity index (χ0v) is 7.71. The summed E-state index contributed by atoms with van der Waals surface area (Å²) in [5.74, 6) is 0.730. The van der Waals surface area contributed by atoms with E-state index in [2.05, 4.69) is 19.2 Å². The molecular formula is C9H16N2O. The lowest BCUT2D eigenvalue weighted by atomic mass is 10.1. The first-order valence-corrected chi connectivity index (χ1v) is 4.74. The molecule has 3 heteroatoms. The summed E-state index contributed by atoms with van der Waals surface area (Å²) in [4.78, 5) is 13.7. The number of rotatable bonds is 2. The van der Waals surface area contributed by atoms with Crippen LogP contribution < -0.4 is 5.32 Å². The van der Waals surface area contributed by atoms with Gasteiger partial charge in [0.15, 0.2) is 0 Å². The Morgan fingerprint density at radius 2 is 2.17 bits per heavy atom. The van der Waals surface area contributed by atoms with Gasteiger partial charge in [0.05, 0.1) is 12.7 Å². The summed E-state index contributed by atoms with van der Waals surface area (Å²) in [6.45, 7) is 4.95. The molecule has 1 aliphatic carbocycles. The van der Waals surface area contributed by atoms with Crippen LogP contribution in [0.5, 0.6) is 0 Å². The average molecular weight is 168 g/mol. The summed E-state index contributed by atoms with van der Waals surface area (Å²) in [5.41, 5.74) is 0. The zero-order valence-electron chi connectivity index (χ0n) is 7.71. The average Bonchev–Trinajstić information content (AvgIpc) is 2.75. The number of carbonyl (C=O) groups excluding carboxylic acids is 1. The molecular weight excluding hydrogens is 152 g/mol. The van der Waals surface area contributed by atoms with Crippen LogP contribution in [0, 0.1) is 5.92 Å². The van der Waals surface area contributed by atoms with Crippen LogP contribution >= 0.6 is 0 Å². The maximum atomic E-state index is 11.7. The summed E-state index contributed by atoms with van der Waals surface area (Å²) in [6, 6.07) is 0.638. The molecule has 1 aliphatic heterocycles. The molecule has 2 aliphatic rings. The van der Waals surface area contributed by atoms with E-state index in [4.69, 9.17) is 0 Å². The van der Waals surface area contributed by atoms with E-state index in [-0.39, 0.29) is 6.04 Å². The van der Waals surface area contributed by atoms with E-state index in [9.17, 15) is 4.79 Å². The van der Waals surface area contributed by atoms with Crippen LogP contribution in [-0.4, -0.2) is 29.6 Å². The number of amides is 1. The van der Waals surface area contributed by atoms with E-state index in [1.165, 1.54) is 12.8 Å². The van der Waals surface area contributed by atoms with Crippen LogP contribution in [0.2, 0.25) is 0 Å². The van der Waals surface area contributed by atoms with Crippen molar-refractivity contribution >= 4 is 5.91 Å². The summed E-state index contributed by atoms with van der Waals surface area (Å²) < 4.78 is 0. The monoisotopic (exact) mass is 168 g/mol. The molecule has 2 rings (SSSR count). The smallest absolute Gasteiger partial charge is 0.241 e. The summed E-state index contributed by atoms with van der Waals surface area (Å²) >= 11 is 0. The standard InChI is InChI=1S/C9H16N2O/c1-6(2)8-9(12)11(5-10-8)7-3-4-7/h6-8,10H,3-5H2,1-2H3. The predicted molar refractivity (Wildman–Crippen MR) is 46.5 cm³/mol. The fourth-order valence-electron chi connectivity index (χ4n) is 1.76. The van der Waals surface area contributed by atoms with Crippen molar-refractivity contribution in [1.82, 2.24) is 10.2 Å². The van der Waals surface area contributed by atoms with Crippen molar-refractivity contribution < 1.29 is 4.79 Å². The largest absolute Gasteiger partial charge is 0.326 e. The fourth-order valence-corrected chi connectivity index (χ4v) is 1.76. The Kier molecular flexibility index (Phi) is 1.83. The van der Waals surface area contributed by atoms with E-state index in [0.717, 1.165) is 6.67 Å². The number of nitrogens with zero attached hydrogens (tertiary/aromatic N) is 1. The topological polar surface area (TPSA) is 32.3 Å². The number of hydrogen-bond acceptors (Lipinski definition) is 2. The molecule has 0 aromatic rings. The number of nitrogens with one attached hydrogen (secondary N) is 1. The molecule has 12 heavy (non-hydrogen) atoms. The fraction of sp³-hybridized carbons (Fsp3) is 0.889. The molecule has 1 N–H and O–H groups in total. The Morgan fingerprint density at radius 1 is 1.50 bits per heavy atom. The molecule has 1 amide bonds. The molecule has 0 aromatic heterocycles. The maximum Gasteiger partial charge on any atom is 0.241 e. The molecule has 3 nitrogen and oxygen atoms in total. The van der Waals surface area contributed by atoms with Gasteiger partial charge in [-0.2, -0.15) is 0 Å². The second-order valence-corrected chi connectivity index (χ2v) is 4.12. The van der Waals surface area contributed by atoms with E-state index >= 15 is 0 Å². The molecule has 68 valence electrons. The highest BCUT2D eigenvalue weighted by Gasteiger charge is 2.40. The van der Waals surface area contributed by atoms with Gasteiger partial charge in [0.25, 0.3) is 0 Å². The minimum absolute atomic E-state index is 0.0746. The Morgan fingerprint density at radius 3 is 2.58 bits per heavy atom. The second-order valence-electron chi connectivity index (χ2n) is 4.12. The van der Waals surface area contributed by atoms with Crippen LogP contribution in [0.15, 0.2) is 0 Å². The summed E-state index contributed by atoms with van der Waals surface area (Å²) in [6.07, 6.45) is 2.41. The quantitative estimate of drug-likeness (QED) is 0.653. The summed E-state index contributed by atoms with van der Waals surface area (Å²) in [5, 5.41) is 3.25. The van der Waals surface area contributed by atoms with Gasteiger partial charge in [-0.05, 0) is 18.8 Å². The van der Waals surface area contributed by atoms with Crippen molar-refractivity contribution in [2.45, 2.75) is 38.8 Å². The highest BCUT2D eigenvalue weighted by molar-refractivity contribution is 5.84. The van der Waals surface area contributed by atoms with Crippen LogP contribution in [-0.2, 0) is 4.79 Å². The Bertz CT molecular complexity index is 187. The third-order valence-corrected chi connectivity index (χ3v) is 2.68. The Hall–Kier alpha value is -0.570. The van der Waals surface area contributed by atoms with Gasteiger partial charge in [-0.1, -0.05) is 13.8 Å². The van der Waals surface area contributed by atoms with Crippen LogP contribution in [0.4, 0.5) is 0 Å². The first-order valence-electron chi connectivity index (χ1n) is 4.74. The van der Waals surface area contributed by atoms with Crippen molar-refractivity contribution in [3.8, 4) is 0 Å². The van der Waals surface area contributed by atoms with E-state index < -0.39 is 0 Å². The minimum atomic E-state index is 0.0746.